The normalized spacial score (nSPS) is 11.3. The molecule has 0 bridgehead atoms. The van der Waals surface area contributed by atoms with Crippen molar-refractivity contribution in [3.8, 4) is 5.75 Å². The van der Waals surface area contributed by atoms with Crippen molar-refractivity contribution in [1.82, 2.24) is 0 Å². The molecule has 1 aromatic rings. The number of ether oxygens (including phenoxy) is 9. The van der Waals surface area contributed by atoms with Crippen LogP contribution in [0.4, 0.5) is 5.69 Å². The summed E-state index contributed by atoms with van der Waals surface area (Å²) in [5.74, 6) is 0.621. The van der Waals surface area contributed by atoms with Crippen LogP contribution in [0.5, 0.6) is 5.75 Å². The molecule has 11 nitrogen and oxygen atoms in total. The predicted molar refractivity (Wildman–Crippen MR) is 198 cm³/mol. The zero-order chi connectivity index (χ0) is 35.8. The number of carbonyl (C=O) groups excluding carboxylic acids is 1. The van der Waals surface area contributed by atoms with Gasteiger partial charge < -0.3 is 47.9 Å². The Morgan fingerprint density at radius 2 is 0.720 bits per heavy atom. The standard InChI is InChI=1S/C39H71NO10/c1-3-4-5-6-7-8-9-10-11-12-13-14-15-20-42-21-22-43-23-24-44-25-26-45-27-28-46-29-30-47-31-32-48-33-34-49-35-36-50-39-18-16-38(17-19-39)40-37(2)41/h16-19H,3-15,20-36H2,1-2H3,(H,40,41). The first-order valence-electron chi connectivity index (χ1n) is 19.3. The van der Waals surface area contributed by atoms with Crippen molar-refractivity contribution in [2.24, 2.45) is 0 Å². The van der Waals surface area contributed by atoms with Crippen molar-refractivity contribution in [3.05, 3.63) is 24.3 Å². The van der Waals surface area contributed by atoms with Crippen LogP contribution in [-0.4, -0.2) is 118 Å². The molecule has 0 radical (unpaired) electrons. The number of hydrogen-bond donors (Lipinski definition) is 1. The Balaban J connectivity index is 1.65. The van der Waals surface area contributed by atoms with Crippen molar-refractivity contribution < 1.29 is 47.4 Å². The highest BCUT2D eigenvalue weighted by molar-refractivity contribution is 5.88. The highest BCUT2D eigenvalue weighted by Gasteiger charge is 1.99. The molecule has 1 amide bonds. The van der Waals surface area contributed by atoms with E-state index in [2.05, 4.69) is 12.2 Å². The average molecular weight is 714 g/mol. The van der Waals surface area contributed by atoms with Crippen LogP contribution in [0.3, 0.4) is 0 Å². The largest absolute Gasteiger partial charge is 0.491 e. The molecule has 1 aromatic carbocycles. The van der Waals surface area contributed by atoms with Gasteiger partial charge in [0.2, 0.25) is 5.91 Å². The minimum atomic E-state index is -0.103. The van der Waals surface area contributed by atoms with Gasteiger partial charge in [0.05, 0.1) is 99.1 Å². The number of anilines is 1. The summed E-state index contributed by atoms with van der Waals surface area (Å²) >= 11 is 0. The van der Waals surface area contributed by atoms with Crippen LogP contribution >= 0.6 is 0 Å². The zero-order valence-corrected chi connectivity index (χ0v) is 31.6. The number of rotatable bonds is 40. The number of amides is 1. The molecule has 50 heavy (non-hydrogen) atoms. The number of carbonyl (C=O) groups is 1. The van der Waals surface area contributed by atoms with E-state index in [4.69, 9.17) is 42.6 Å². The van der Waals surface area contributed by atoms with Gasteiger partial charge >= 0.3 is 0 Å². The molecule has 1 N–H and O–H groups in total. The fraction of sp³-hybridized carbons (Fsp3) is 0.821. The summed E-state index contributed by atoms with van der Waals surface area (Å²) in [6.45, 7) is 13.0. The van der Waals surface area contributed by atoms with E-state index in [-0.39, 0.29) is 5.91 Å². The topological polar surface area (TPSA) is 112 Å². The maximum atomic E-state index is 11.0. The second-order valence-corrected chi connectivity index (χ2v) is 12.2. The third-order valence-corrected chi connectivity index (χ3v) is 7.67. The monoisotopic (exact) mass is 714 g/mol. The van der Waals surface area contributed by atoms with Gasteiger partial charge in [0.1, 0.15) is 12.4 Å². The molecule has 292 valence electrons. The van der Waals surface area contributed by atoms with Crippen molar-refractivity contribution in [2.45, 2.75) is 97.3 Å². The molecule has 0 aliphatic heterocycles. The van der Waals surface area contributed by atoms with E-state index in [0.717, 1.165) is 24.5 Å². The van der Waals surface area contributed by atoms with E-state index < -0.39 is 0 Å². The Hall–Kier alpha value is -1.83. The molecule has 0 aromatic heterocycles. The second kappa shape index (κ2) is 38.4. The summed E-state index contributed by atoms with van der Waals surface area (Å²) in [5, 5.41) is 2.72. The van der Waals surface area contributed by atoms with E-state index >= 15 is 0 Å². The molecule has 11 heteroatoms. The van der Waals surface area contributed by atoms with Crippen LogP contribution in [0, 0.1) is 0 Å². The molecule has 0 saturated carbocycles. The lowest BCUT2D eigenvalue weighted by atomic mass is 10.0. The summed E-state index contributed by atoms with van der Waals surface area (Å²) in [5.41, 5.74) is 0.737. The molecule has 0 unspecified atom stereocenters. The van der Waals surface area contributed by atoms with Crippen molar-refractivity contribution >= 4 is 11.6 Å². The number of hydrogen-bond acceptors (Lipinski definition) is 10. The molecule has 0 aliphatic carbocycles. The summed E-state index contributed by atoms with van der Waals surface area (Å²) in [6, 6.07) is 7.20. The molecular weight excluding hydrogens is 642 g/mol. The van der Waals surface area contributed by atoms with Crippen LogP contribution in [-0.2, 0) is 42.7 Å². The third-order valence-electron chi connectivity index (χ3n) is 7.67. The molecule has 0 spiro atoms. The quantitative estimate of drug-likeness (QED) is 0.0699. The van der Waals surface area contributed by atoms with Gasteiger partial charge in [-0.1, -0.05) is 84.0 Å². The second-order valence-electron chi connectivity index (χ2n) is 12.2. The molecule has 0 heterocycles. The van der Waals surface area contributed by atoms with Gasteiger partial charge in [0.15, 0.2) is 0 Å². The Bertz CT molecular complexity index is 830. The fourth-order valence-electron chi connectivity index (χ4n) is 4.92. The first-order chi connectivity index (χ1) is 24.7. The van der Waals surface area contributed by atoms with E-state index in [0.29, 0.717) is 106 Å². The molecule has 0 aliphatic rings. The lowest BCUT2D eigenvalue weighted by molar-refractivity contribution is -0.114. The number of nitrogens with one attached hydrogen (secondary N) is 1. The van der Waals surface area contributed by atoms with Crippen LogP contribution in [0.25, 0.3) is 0 Å². The summed E-state index contributed by atoms with van der Waals surface area (Å²) < 4.78 is 49.9. The van der Waals surface area contributed by atoms with Crippen molar-refractivity contribution in [2.75, 3.05) is 118 Å². The minimum absolute atomic E-state index is 0.103. The van der Waals surface area contributed by atoms with Gasteiger partial charge in [-0.25, -0.2) is 0 Å². The third kappa shape index (κ3) is 34.6. The summed E-state index contributed by atoms with van der Waals surface area (Å²) in [6.07, 6.45) is 17.8. The van der Waals surface area contributed by atoms with Crippen LogP contribution in [0.1, 0.15) is 97.3 Å². The van der Waals surface area contributed by atoms with Crippen LogP contribution < -0.4 is 10.1 Å². The van der Waals surface area contributed by atoms with Gasteiger partial charge in [-0.15, -0.1) is 0 Å². The lowest BCUT2D eigenvalue weighted by Gasteiger charge is -2.09. The SMILES string of the molecule is CCCCCCCCCCCCCCCOCCOCCOCCOCCOCCOCCOCCOCCOc1ccc(NC(C)=O)cc1. The number of benzene rings is 1. The Morgan fingerprint density at radius 3 is 1.06 bits per heavy atom. The molecule has 1 rings (SSSR count). The lowest BCUT2D eigenvalue weighted by Crippen LogP contribution is -2.15. The first-order valence-corrected chi connectivity index (χ1v) is 19.3. The van der Waals surface area contributed by atoms with Crippen molar-refractivity contribution in [3.63, 3.8) is 0 Å². The van der Waals surface area contributed by atoms with Gasteiger partial charge in [-0.05, 0) is 30.7 Å². The average Bonchev–Trinajstić information content (AvgIpc) is 3.11. The maximum absolute atomic E-state index is 11.0. The van der Waals surface area contributed by atoms with Crippen LogP contribution in [0.2, 0.25) is 0 Å². The summed E-state index contributed by atoms with van der Waals surface area (Å²) in [7, 11) is 0. The van der Waals surface area contributed by atoms with Crippen molar-refractivity contribution in [1.29, 1.82) is 0 Å². The highest BCUT2D eigenvalue weighted by atomic mass is 16.6. The van der Waals surface area contributed by atoms with E-state index in [1.807, 2.05) is 0 Å². The fourth-order valence-corrected chi connectivity index (χ4v) is 4.92. The molecule has 0 fully saturated rings. The smallest absolute Gasteiger partial charge is 0.221 e. The van der Waals surface area contributed by atoms with Gasteiger partial charge in [-0.3, -0.25) is 4.79 Å². The molecule has 0 atom stereocenters. The van der Waals surface area contributed by atoms with Gasteiger partial charge in [0.25, 0.3) is 0 Å². The first kappa shape index (κ1) is 46.2. The molecular formula is C39H71NO10. The van der Waals surface area contributed by atoms with Gasteiger partial charge in [0, 0.05) is 19.2 Å². The van der Waals surface area contributed by atoms with Crippen LogP contribution in [0.15, 0.2) is 24.3 Å². The Morgan fingerprint density at radius 1 is 0.420 bits per heavy atom. The number of unbranched alkanes of at least 4 members (excludes halogenated alkanes) is 12. The van der Waals surface area contributed by atoms with E-state index in [1.165, 1.54) is 84.0 Å². The predicted octanol–water partition coefficient (Wildman–Crippen LogP) is 7.25. The Kier molecular flexibility index (Phi) is 35.5. The highest BCUT2D eigenvalue weighted by Crippen LogP contribution is 2.15. The van der Waals surface area contributed by atoms with E-state index in [1.54, 1.807) is 24.3 Å². The minimum Gasteiger partial charge on any atom is -0.491 e. The molecule has 0 saturated heterocycles. The summed E-state index contributed by atoms with van der Waals surface area (Å²) in [4.78, 5) is 11.0. The maximum Gasteiger partial charge on any atom is 0.221 e. The van der Waals surface area contributed by atoms with Gasteiger partial charge in [-0.2, -0.15) is 0 Å². The van der Waals surface area contributed by atoms with E-state index in [9.17, 15) is 4.79 Å². The Labute approximate surface area is 303 Å². The zero-order valence-electron chi connectivity index (χ0n) is 31.6.